The molecular weight excluding hydrogens is 404 g/mol. The van der Waals surface area contributed by atoms with Gasteiger partial charge in [0.25, 0.3) is 5.91 Å². The summed E-state index contributed by atoms with van der Waals surface area (Å²) < 4.78 is 0. The molecule has 3 aromatic rings. The summed E-state index contributed by atoms with van der Waals surface area (Å²) in [5.74, 6) is -0.562. The summed E-state index contributed by atoms with van der Waals surface area (Å²) >= 11 is 0. The zero-order chi connectivity index (χ0) is 22.5. The van der Waals surface area contributed by atoms with Gasteiger partial charge < -0.3 is 10.3 Å². The van der Waals surface area contributed by atoms with Gasteiger partial charge in [0.2, 0.25) is 5.91 Å². The molecule has 0 aliphatic heterocycles. The number of hydrogen-bond donors (Lipinski definition) is 5. The fourth-order valence-electron chi connectivity index (χ4n) is 4.41. The Morgan fingerprint density at radius 2 is 2.09 bits per heavy atom. The van der Waals surface area contributed by atoms with Crippen molar-refractivity contribution < 1.29 is 14.8 Å². The Morgan fingerprint density at radius 1 is 1.25 bits per heavy atom. The van der Waals surface area contributed by atoms with Crippen LogP contribution in [-0.2, 0) is 22.4 Å². The first-order valence-electron chi connectivity index (χ1n) is 10.9. The second-order valence-electron chi connectivity index (χ2n) is 8.04. The molecule has 1 aliphatic carbocycles. The highest BCUT2D eigenvalue weighted by atomic mass is 16.5. The van der Waals surface area contributed by atoms with E-state index in [0.29, 0.717) is 13.0 Å². The quantitative estimate of drug-likeness (QED) is 0.214. The minimum absolute atomic E-state index is 0.000741. The first-order valence-corrected chi connectivity index (χ1v) is 10.9. The van der Waals surface area contributed by atoms with Gasteiger partial charge in [0, 0.05) is 35.8 Å². The van der Waals surface area contributed by atoms with Crippen LogP contribution < -0.4 is 16.1 Å². The van der Waals surface area contributed by atoms with Crippen LogP contribution in [0.2, 0.25) is 0 Å². The van der Waals surface area contributed by atoms with E-state index in [1.165, 1.54) is 17.2 Å². The molecule has 2 aromatic carbocycles. The third-order valence-corrected chi connectivity index (χ3v) is 5.95. The third-order valence-electron chi connectivity index (χ3n) is 5.95. The number of carbonyl (C=O) groups excluding carboxylic acids is 2. The lowest BCUT2D eigenvalue weighted by Crippen LogP contribution is -2.46. The first kappa shape index (κ1) is 21.8. The number of rotatable bonds is 8. The standard InChI is InChI=1S/C25H28N4O3/c1-2-26-25(31)23(14-18-15-27-21-6-4-3-5-19(18)21)28-22-11-9-17-13-16(7-10-20(17)22)8-12-24(30)29-32/h3-8,10,12-13,15,22-23,27-28,32H,2,9,11,14H2,1H3,(H,26,31)(H,29,30)/b12-8+/t22?,23-/m0/s1. The highest BCUT2D eigenvalue weighted by Crippen LogP contribution is 2.33. The van der Waals surface area contributed by atoms with Crippen LogP contribution >= 0.6 is 0 Å². The van der Waals surface area contributed by atoms with Gasteiger partial charge in [-0.05, 0) is 60.6 Å². The number of H-pyrrole nitrogens is 1. The predicted molar refractivity (Wildman–Crippen MR) is 124 cm³/mol. The molecule has 1 aromatic heterocycles. The van der Waals surface area contributed by atoms with Gasteiger partial charge in [-0.3, -0.25) is 20.1 Å². The molecule has 0 fully saturated rings. The van der Waals surface area contributed by atoms with E-state index in [0.717, 1.165) is 34.9 Å². The molecule has 32 heavy (non-hydrogen) atoms. The van der Waals surface area contributed by atoms with Gasteiger partial charge in [0.15, 0.2) is 0 Å². The average molecular weight is 433 g/mol. The van der Waals surface area contributed by atoms with Crippen molar-refractivity contribution in [2.24, 2.45) is 0 Å². The van der Waals surface area contributed by atoms with E-state index >= 15 is 0 Å². The Balaban J connectivity index is 1.53. The molecule has 0 bridgehead atoms. The smallest absolute Gasteiger partial charge is 0.267 e. The van der Waals surface area contributed by atoms with E-state index in [1.54, 1.807) is 11.6 Å². The Bertz CT molecular complexity index is 1150. The van der Waals surface area contributed by atoms with Crippen LogP contribution in [0.3, 0.4) is 0 Å². The Kier molecular flexibility index (Phi) is 6.68. The number of amides is 2. The van der Waals surface area contributed by atoms with E-state index in [9.17, 15) is 9.59 Å². The number of nitrogens with one attached hydrogen (secondary N) is 4. The monoisotopic (exact) mass is 432 g/mol. The minimum atomic E-state index is -0.563. The van der Waals surface area contributed by atoms with E-state index in [4.69, 9.17) is 5.21 Å². The zero-order valence-corrected chi connectivity index (χ0v) is 18.0. The summed E-state index contributed by atoms with van der Waals surface area (Å²) in [6.07, 6.45) is 7.35. The van der Waals surface area contributed by atoms with E-state index in [2.05, 4.69) is 33.8 Å². The predicted octanol–water partition coefficient (Wildman–Crippen LogP) is 3.01. The number of fused-ring (bicyclic) bond motifs is 2. The van der Waals surface area contributed by atoms with Crippen molar-refractivity contribution in [3.8, 4) is 0 Å². The van der Waals surface area contributed by atoms with Crippen LogP contribution in [0.4, 0.5) is 0 Å². The summed E-state index contributed by atoms with van der Waals surface area (Å²) in [4.78, 5) is 27.4. The number of hydrogen-bond acceptors (Lipinski definition) is 4. The van der Waals surface area contributed by atoms with Crippen LogP contribution in [-0.4, -0.2) is 34.6 Å². The Hall–Kier alpha value is -3.42. The normalized spacial score (nSPS) is 16.2. The molecule has 5 N–H and O–H groups in total. The Labute approximate surface area is 186 Å². The van der Waals surface area contributed by atoms with Crippen molar-refractivity contribution in [3.63, 3.8) is 0 Å². The zero-order valence-electron chi connectivity index (χ0n) is 18.0. The van der Waals surface area contributed by atoms with Gasteiger partial charge >= 0.3 is 0 Å². The molecule has 166 valence electrons. The molecule has 4 rings (SSSR count). The number of benzene rings is 2. The van der Waals surface area contributed by atoms with Gasteiger partial charge in [-0.1, -0.05) is 36.4 Å². The van der Waals surface area contributed by atoms with Crippen molar-refractivity contribution >= 4 is 28.8 Å². The minimum Gasteiger partial charge on any atom is -0.361 e. The maximum atomic E-state index is 12.9. The maximum absolute atomic E-state index is 12.9. The number of carbonyl (C=O) groups is 2. The van der Waals surface area contributed by atoms with Crippen LogP contribution in [0, 0.1) is 0 Å². The second-order valence-corrected chi connectivity index (χ2v) is 8.04. The summed E-state index contributed by atoms with van der Waals surface area (Å²) in [7, 11) is 0. The van der Waals surface area contributed by atoms with Crippen LogP contribution in [0.5, 0.6) is 0 Å². The van der Waals surface area contributed by atoms with Gasteiger partial charge in [0.05, 0.1) is 6.04 Å². The molecule has 2 atom stereocenters. The van der Waals surface area contributed by atoms with E-state index < -0.39 is 5.91 Å². The van der Waals surface area contributed by atoms with E-state index in [-0.39, 0.29) is 18.0 Å². The fraction of sp³-hybridized carbons (Fsp3) is 0.280. The molecule has 1 unspecified atom stereocenters. The number of para-hydroxylation sites is 1. The maximum Gasteiger partial charge on any atom is 0.267 e. The average Bonchev–Trinajstić information content (AvgIpc) is 3.41. The largest absolute Gasteiger partial charge is 0.361 e. The SMILES string of the molecule is CCNC(=O)[C@H](Cc1c[nH]c2ccccc12)NC1CCc2cc(/C=C/C(=O)NO)ccc21. The van der Waals surface area contributed by atoms with Crippen molar-refractivity contribution in [2.75, 3.05) is 6.54 Å². The second kappa shape index (κ2) is 9.80. The molecule has 0 saturated heterocycles. The summed E-state index contributed by atoms with van der Waals surface area (Å²) in [5, 5.41) is 16.3. The lowest BCUT2D eigenvalue weighted by atomic mass is 10.0. The molecule has 1 heterocycles. The van der Waals surface area contributed by atoms with E-state index in [1.807, 2.05) is 37.4 Å². The van der Waals surface area contributed by atoms with Crippen molar-refractivity contribution in [1.29, 1.82) is 0 Å². The first-order chi connectivity index (χ1) is 15.6. The molecule has 1 aliphatic rings. The van der Waals surface area contributed by atoms with Crippen molar-refractivity contribution in [3.05, 3.63) is 77.0 Å². The van der Waals surface area contributed by atoms with Crippen molar-refractivity contribution in [2.45, 2.75) is 38.3 Å². The lowest BCUT2D eigenvalue weighted by molar-refractivity contribution is -0.124. The van der Waals surface area contributed by atoms with Gasteiger partial charge in [-0.25, -0.2) is 5.48 Å². The fourth-order valence-corrected chi connectivity index (χ4v) is 4.41. The van der Waals surface area contributed by atoms with Crippen LogP contribution in [0.25, 0.3) is 17.0 Å². The molecule has 2 amide bonds. The summed E-state index contributed by atoms with van der Waals surface area (Å²) in [6.45, 7) is 2.51. The van der Waals surface area contributed by atoms with Gasteiger partial charge in [-0.2, -0.15) is 0 Å². The highest BCUT2D eigenvalue weighted by molar-refractivity contribution is 5.91. The van der Waals surface area contributed by atoms with Crippen molar-refractivity contribution in [1.82, 2.24) is 21.1 Å². The van der Waals surface area contributed by atoms with Gasteiger partial charge in [0.1, 0.15) is 0 Å². The van der Waals surface area contributed by atoms with Crippen LogP contribution in [0.15, 0.2) is 54.7 Å². The molecule has 0 radical (unpaired) electrons. The number of hydroxylamine groups is 1. The highest BCUT2D eigenvalue weighted by Gasteiger charge is 2.28. The Morgan fingerprint density at radius 3 is 2.91 bits per heavy atom. The van der Waals surface area contributed by atoms with Gasteiger partial charge in [-0.15, -0.1) is 0 Å². The summed E-state index contributed by atoms with van der Waals surface area (Å²) in [5.41, 5.74) is 7.06. The number of aromatic amines is 1. The molecule has 0 spiro atoms. The third kappa shape index (κ3) is 4.74. The number of aromatic nitrogens is 1. The molecular formula is C25H28N4O3. The molecule has 7 nitrogen and oxygen atoms in total. The number of likely N-dealkylation sites (N-methyl/N-ethyl adjacent to an activating group) is 1. The topological polar surface area (TPSA) is 106 Å². The summed E-state index contributed by atoms with van der Waals surface area (Å²) in [6, 6.07) is 13.9. The molecule has 7 heteroatoms. The molecule has 0 saturated carbocycles. The van der Waals surface area contributed by atoms with Crippen LogP contribution in [0.1, 0.15) is 41.6 Å². The number of aryl methyl sites for hydroxylation is 1. The lowest BCUT2D eigenvalue weighted by Gasteiger charge is -2.23.